The topological polar surface area (TPSA) is 105 Å². The molecule has 0 amide bonds. The van der Waals surface area contributed by atoms with Crippen molar-refractivity contribution >= 4 is 0 Å². The minimum atomic E-state index is -1.12. The molecule has 3 atom stereocenters. The lowest BCUT2D eigenvalue weighted by Gasteiger charge is -2.13. The number of aliphatic hydroxyl groups excluding tert-OH is 2. The summed E-state index contributed by atoms with van der Waals surface area (Å²) in [4.78, 5) is 24.9. The van der Waals surface area contributed by atoms with Crippen molar-refractivity contribution in [2.24, 2.45) is 0 Å². The van der Waals surface area contributed by atoms with Crippen molar-refractivity contribution in [1.29, 1.82) is 0 Å². The normalized spacial score (nSPS) is 28.5. The smallest absolute Gasteiger partial charge is 0.330 e. The van der Waals surface area contributed by atoms with Gasteiger partial charge < -0.3 is 19.9 Å². The van der Waals surface area contributed by atoms with Crippen molar-refractivity contribution in [1.82, 2.24) is 9.55 Å². The van der Waals surface area contributed by atoms with Gasteiger partial charge in [-0.3, -0.25) is 4.79 Å². The van der Waals surface area contributed by atoms with Crippen LogP contribution >= 0.6 is 0 Å². The summed E-state index contributed by atoms with van der Waals surface area (Å²) in [6.07, 6.45) is -2.35. The van der Waals surface area contributed by atoms with Crippen LogP contribution in [-0.4, -0.2) is 38.6 Å². The predicted octanol–water partition coefficient (Wildman–Crippen LogP) is -1.68. The van der Waals surface area contributed by atoms with Crippen LogP contribution in [0.15, 0.2) is 15.8 Å². The number of aromatic nitrogens is 2. The molecular weight excluding hydrogens is 235 g/mol. The highest BCUT2D eigenvalue weighted by molar-refractivity contribution is 4.91. The first-order valence-electron chi connectivity index (χ1n) is 4.98. The van der Waals surface area contributed by atoms with Crippen LogP contribution < -0.4 is 11.2 Å². The monoisotopic (exact) mass is 246 g/mol. The summed E-state index contributed by atoms with van der Waals surface area (Å²) in [6.45, 7) is -0.445. The van der Waals surface area contributed by atoms with Gasteiger partial charge in [-0.1, -0.05) is 0 Å². The number of hydrogen-bond acceptors (Lipinski definition) is 5. The number of H-pyrrole nitrogens is 1. The molecule has 2 rings (SSSR count). The fourth-order valence-corrected chi connectivity index (χ4v) is 1.76. The fraction of sp³-hybridized carbons (Fsp3) is 0.556. The Morgan fingerprint density at radius 3 is 2.88 bits per heavy atom. The SMILES string of the molecule is O=c1[nH]cc(F)c(=O)n1[C@H]1C[C@@H](O)[C@@H](CO)O1. The molecule has 0 saturated carbocycles. The average Bonchev–Trinajstić information content (AvgIpc) is 2.65. The molecule has 94 valence electrons. The Morgan fingerprint density at radius 1 is 1.59 bits per heavy atom. The second-order valence-corrected chi connectivity index (χ2v) is 3.73. The quantitative estimate of drug-likeness (QED) is 0.578. The van der Waals surface area contributed by atoms with Crippen molar-refractivity contribution in [3.8, 4) is 0 Å². The molecule has 1 aromatic heterocycles. The molecule has 1 saturated heterocycles. The standard InChI is InChI=1S/C9H11FN2O5/c10-4-2-11-9(16)12(8(4)15)7-1-5(14)6(3-13)17-7/h2,5-7,13-14H,1,3H2,(H,11,16)/t5-,6-,7-/m1/s1. The first-order chi connectivity index (χ1) is 8.04. The maximum atomic E-state index is 13.0. The van der Waals surface area contributed by atoms with E-state index in [1.54, 1.807) is 0 Å². The number of nitrogens with one attached hydrogen (secondary N) is 1. The van der Waals surface area contributed by atoms with Crippen LogP contribution in [0.2, 0.25) is 0 Å². The molecule has 2 heterocycles. The van der Waals surface area contributed by atoms with Gasteiger partial charge in [0.05, 0.1) is 12.7 Å². The van der Waals surface area contributed by atoms with Crippen molar-refractivity contribution in [2.45, 2.75) is 24.9 Å². The molecule has 17 heavy (non-hydrogen) atoms. The second-order valence-electron chi connectivity index (χ2n) is 3.73. The number of halogens is 1. The molecule has 0 spiro atoms. The Hall–Kier alpha value is -1.51. The second kappa shape index (κ2) is 4.40. The van der Waals surface area contributed by atoms with E-state index in [9.17, 15) is 19.1 Å². The lowest BCUT2D eigenvalue weighted by Crippen LogP contribution is -2.39. The van der Waals surface area contributed by atoms with Crippen LogP contribution in [0.3, 0.4) is 0 Å². The molecule has 3 N–H and O–H groups in total. The van der Waals surface area contributed by atoms with E-state index in [-0.39, 0.29) is 6.42 Å². The van der Waals surface area contributed by atoms with Gasteiger partial charge in [-0.25, -0.2) is 9.36 Å². The molecule has 1 aliphatic heterocycles. The maximum Gasteiger partial charge on any atom is 0.330 e. The summed E-state index contributed by atoms with van der Waals surface area (Å²) in [5.41, 5.74) is -1.95. The molecule has 0 unspecified atom stereocenters. The van der Waals surface area contributed by atoms with Crippen LogP contribution in [0.25, 0.3) is 0 Å². The molecule has 8 heteroatoms. The first kappa shape index (κ1) is 12.0. The van der Waals surface area contributed by atoms with Gasteiger partial charge in [0.15, 0.2) is 0 Å². The van der Waals surface area contributed by atoms with Crippen molar-refractivity contribution in [2.75, 3.05) is 6.61 Å². The van der Waals surface area contributed by atoms with Crippen molar-refractivity contribution in [3.05, 3.63) is 32.9 Å². The van der Waals surface area contributed by atoms with E-state index in [4.69, 9.17) is 9.84 Å². The minimum absolute atomic E-state index is 0.0579. The molecule has 0 aliphatic carbocycles. The van der Waals surface area contributed by atoms with Crippen LogP contribution in [0, 0.1) is 5.82 Å². The summed E-state index contributed by atoms with van der Waals surface area (Å²) in [7, 11) is 0. The Kier molecular flexibility index (Phi) is 3.09. The van der Waals surface area contributed by atoms with E-state index in [2.05, 4.69) is 0 Å². The number of aromatic amines is 1. The third-order valence-electron chi connectivity index (χ3n) is 2.64. The Balaban J connectivity index is 2.40. The molecule has 0 aromatic carbocycles. The van der Waals surface area contributed by atoms with Crippen LogP contribution in [-0.2, 0) is 4.74 Å². The molecule has 0 bridgehead atoms. The number of rotatable bonds is 2. The molecule has 7 nitrogen and oxygen atoms in total. The Labute approximate surface area is 94.1 Å². The van der Waals surface area contributed by atoms with Gasteiger partial charge in [0.25, 0.3) is 5.56 Å². The average molecular weight is 246 g/mol. The van der Waals surface area contributed by atoms with Gasteiger partial charge in [-0.05, 0) is 0 Å². The lowest BCUT2D eigenvalue weighted by molar-refractivity contribution is -0.0472. The zero-order valence-electron chi connectivity index (χ0n) is 8.67. The van der Waals surface area contributed by atoms with Gasteiger partial charge in [0.1, 0.15) is 12.3 Å². The van der Waals surface area contributed by atoms with Gasteiger partial charge in [-0.2, -0.15) is 4.39 Å². The molecular formula is C9H11FN2O5. The van der Waals surface area contributed by atoms with Gasteiger partial charge in [-0.15, -0.1) is 0 Å². The largest absolute Gasteiger partial charge is 0.394 e. The Morgan fingerprint density at radius 2 is 2.29 bits per heavy atom. The number of aliphatic hydroxyl groups is 2. The van der Waals surface area contributed by atoms with E-state index >= 15 is 0 Å². The van der Waals surface area contributed by atoms with Gasteiger partial charge in [0, 0.05) is 12.6 Å². The third-order valence-corrected chi connectivity index (χ3v) is 2.64. The van der Waals surface area contributed by atoms with Crippen LogP contribution in [0.4, 0.5) is 4.39 Å². The predicted molar refractivity (Wildman–Crippen MR) is 52.9 cm³/mol. The van der Waals surface area contributed by atoms with E-state index in [0.29, 0.717) is 10.8 Å². The van der Waals surface area contributed by atoms with Crippen LogP contribution in [0.5, 0.6) is 0 Å². The highest BCUT2D eigenvalue weighted by Crippen LogP contribution is 2.26. The van der Waals surface area contributed by atoms with E-state index in [1.165, 1.54) is 0 Å². The minimum Gasteiger partial charge on any atom is -0.394 e. The van der Waals surface area contributed by atoms with E-state index < -0.39 is 42.1 Å². The fourth-order valence-electron chi connectivity index (χ4n) is 1.76. The number of nitrogens with zero attached hydrogens (tertiary/aromatic N) is 1. The summed E-state index contributed by atoms with van der Waals surface area (Å²) >= 11 is 0. The number of ether oxygens (including phenoxy) is 1. The van der Waals surface area contributed by atoms with E-state index in [1.807, 2.05) is 4.98 Å². The van der Waals surface area contributed by atoms with Crippen molar-refractivity contribution in [3.63, 3.8) is 0 Å². The molecule has 1 fully saturated rings. The summed E-state index contributed by atoms with van der Waals surface area (Å²) < 4.78 is 18.7. The van der Waals surface area contributed by atoms with Crippen LogP contribution in [0.1, 0.15) is 12.6 Å². The van der Waals surface area contributed by atoms with Gasteiger partial charge >= 0.3 is 5.69 Å². The summed E-state index contributed by atoms with van der Waals surface area (Å²) in [6, 6.07) is 0. The Bertz CT molecular complexity index is 525. The number of hydrogen-bond donors (Lipinski definition) is 3. The van der Waals surface area contributed by atoms with Crippen molar-refractivity contribution < 1.29 is 19.3 Å². The lowest BCUT2D eigenvalue weighted by atomic mass is 10.2. The zero-order chi connectivity index (χ0) is 12.6. The molecule has 1 aliphatic rings. The third kappa shape index (κ3) is 2.02. The summed E-state index contributed by atoms with van der Waals surface area (Å²) in [5.74, 6) is -1.12. The van der Waals surface area contributed by atoms with Gasteiger partial charge in [0.2, 0.25) is 5.82 Å². The highest BCUT2D eigenvalue weighted by Gasteiger charge is 2.36. The molecule has 1 aromatic rings. The molecule has 0 radical (unpaired) electrons. The maximum absolute atomic E-state index is 13.0. The summed E-state index contributed by atoms with van der Waals surface area (Å²) in [5, 5.41) is 18.3. The van der Waals surface area contributed by atoms with E-state index in [0.717, 1.165) is 0 Å². The first-order valence-corrected chi connectivity index (χ1v) is 4.98. The zero-order valence-corrected chi connectivity index (χ0v) is 8.67. The highest BCUT2D eigenvalue weighted by atomic mass is 19.1.